The zero-order valence-electron chi connectivity index (χ0n) is 19.8. The summed E-state index contributed by atoms with van der Waals surface area (Å²) < 4.78 is 79.0. The van der Waals surface area contributed by atoms with Crippen LogP contribution >= 0.6 is 11.3 Å². The fraction of sp³-hybridized carbons (Fsp3) is 0.381. The highest BCUT2D eigenvalue weighted by Gasteiger charge is 2.44. The minimum atomic E-state index is -4.79. The van der Waals surface area contributed by atoms with Crippen LogP contribution in [0.15, 0.2) is 24.0 Å². The van der Waals surface area contributed by atoms with Crippen molar-refractivity contribution >= 4 is 34.8 Å². The molecule has 2 N–H and O–H groups in total. The maximum atomic E-state index is 13.0. The number of amides is 2. The lowest BCUT2D eigenvalue weighted by Crippen LogP contribution is -2.57. The van der Waals surface area contributed by atoms with Crippen molar-refractivity contribution in [3.05, 3.63) is 40.9 Å². The van der Waals surface area contributed by atoms with Crippen molar-refractivity contribution in [2.24, 2.45) is 0 Å². The first-order valence-corrected chi connectivity index (χ1v) is 11.6. The molecular formula is C21H19F6N7O3S. The van der Waals surface area contributed by atoms with Gasteiger partial charge in [-0.3, -0.25) is 19.5 Å². The summed E-state index contributed by atoms with van der Waals surface area (Å²) in [5, 5.41) is 14.4. The van der Waals surface area contributed by atoms with Gasteiger partial charge in [-0.15, -0.1) is 11.3 Å². The summed E-state index contributed by atoms with van der Waals surface area (Å²) in [6.45, 7) is 0.916. The Bertz CT molecular complexity index is 1390. The van der Waals surface area contributed by atoms with E-state index >= 15 is 0 Å². The summed E-state index contributed by atoms with van der Waals surface area (Å²) in [6.07, 6.45) is -9.20. The van der Waals surface area contributed by atoms with Crippen LogP contribution in [0.3, 0.4) is 0 Å². The molecule has 17 heteroatoms. The van der Waals surface area contributed by atoms with Crippen LogP contribution < -0.4 is 10.2 Å². The number of fused-ring (bicyclic) bond motifs is 1. The fourth-order valence-electron chi connectivity index (χ4n) is 3.82. The molecule has 38 heavy (non-hydrogen) atoms. The van der Waals surface area contributed by atoms with E-state index in [-0.39, 0.29) is 32.8 Å². The molecule has 4 rings (SSSR count). The van der Waals surface area contributed by atoms with Crippen LogP contribution in [0.4, 0.5) is 38.0 Å². The molecular weight excluding hydrogens is 544 g/mol. The number of rotatable bonds is 5. The number of aromatic nitrogens is 4. The van der Waals surface area contributed by atoms with Crippen molar-refractivity contribution in [2.75, 3.05) is 23.8 Å². The molecule has 0 fully saturated rings. The quantitative estimate of drug-likeness (QED) is 0.455. The van der Waals surface area contributed by atoms with Gasteiger partial charge in [0, 0.05) is 24.2 Å². The SMILES string of the molecule is Cc1cc(-c2nc(NC(=O)[C@H](C)n3cnc4c3C(=O)N(CC(F)(F)F)C(O)N4C)cs2)cnc1C(F)(F)F. The topological polar surface area (TPSA) is 116 Å². The maximum Gasteiger partial charge on any atom is 0.433 e. The summed E-state index contributed by atoms with van der Waals surface area (Å²) >= 11 is 1.04. The number of anilines is 2. The molecule has 3 aromatic rings. The van der Waals surface area contributed by atoms with Gasteiger partial charge in [0.1, 0.15) is 29.1 Å². The second kappa shape index (κ2) is 9.54. The Balaban J connectivity index is 1.54. The number of hydrogen-bond donors (Lipinski definition) is 2. The largest absolute Gasteiger partial charge is 0.433 e. The highest BCUT2D eigenvalue weighted by atomic mass is 32.1. The number of aliphatic hydroxyl groups excluding tert-OH is 1. The summed E-state index contributed by atoms with van der Waals surface area (Å²) in [7, 11) is 1.25. The second-order valence-electron chi connectivity index (χ2n) is 8.42. The standard InChI is InChI=1S/C21H19F6N7O3S/c1-9-4-11(5-28-14(9)21(25,26)27)17-31-12(6-38-17)30-16(35)10(2)34-8-29-15-13(34)18(36)33(7-20(22,23)24)19(37)32(15)3/h4-6,8,10,19,37H,7H2,1-3H3,(H,30,35)/t10-,19?/m0/s1. The van der Waals surface area contributed by atoms with E-state index in [1.807, 2.05) is 0 Å². The Morgan fingerprint density at radius 3 is 2.53 bits per heavy atom. The zero-order chi connectivity index (χ0) is 28.2. The number of aryl methyl sites for hydroxylation is 1. The molecule has 0 aromatic carbocycles. The number of nitrogens with zero attached hydrogens (tertiary/aromatic N) is 6. The Labute approximate surface area is 214 Å². The van der Waals surface area contributed by atoms with E-state index in [9.17, 15) is 41.0 Å². The number of nitrogens with one attached hydrogen (secondary N) is 1. The Morgan fingerprint density at radius 1 is 1.24 bits per heavy atom. The minimum absolute atomic E-state index is 0.0611. The van der Waals surface area contributed by atoms with E-state index in [0.29, 0.717) is 5.56 Å². The average Bonchev–Trinajstić information content (AvgIpc) is 3.46. The van der Waals surface area contributed by atoms with Crippen molar-refractivity contribution < 1.29 is 41.0 Å². The summed E-state index contributed by atoms with van der Waals surface area (Å²) in [5.41, 5.74) is -1.15. The number of thiazole rings is 1. The number of imidazole rings is 1. The normalized spacial score (nSPS) is 17.0. The molecule has 2 atom stereocenters. The Kier molecular flexibility index (Phi) is 6.85. The van der Waals surface area contributed by atoms with Crippen molar-refractivity contribution in [1.29, 1.82) is 0 Å². The molecule has 10 nitrogen and oxygen atoms in total. The van der Waals surface area contributed by atoms with Crippen LogP contribution in [0.25, 0.3) is 10.6 Å². The van der Waals surface area contributed by atoms with Gasteiger partial charge in [0.15, 0.2) is 11.5 Å². The number of pyridine rings is 1. The first-order chi connectivity index (χ1) is 17.6. The van der Waals surface area contributed by atoms with Crippen LogP contribution in [0.5, 0.6) is 0 Å². The third-order valence-corrected chi connectivity index (χ3v) is 6.58. The number of aliphatic hydroxyl groups is 1. The molecule has 3 aromatic heterocycles. The van der Waals surface area contributed by atoms with Crippen molar-refractivity contribution in [2.45, 2.75) is 38.6 Å². The molecule has 0 aliphatic carbocycles. The van der Waals surface area contributed by atoms with Crippen LogP contribution in [-0.2, 0) is 11.0 Å². The molecule has 0 bridgehead atoms. The van der Waals surface area contributed by atoms with Gasteiger partial charge in [0.05, 0.1) is 6.33 Å². The molecule has 204 valence electrons. The zero-order valence-corrected chi connectivity index (χ0v) is 20.6. The number of hydrogen-bond acceptors (Lipinski definition) is 8. The van der Waals surface area contributed by atoms with Crippen molar-refractivity contribution in [3.8, 4) is 10.6 Å². The highest BCUT2D eigenvalue weighted by molar-refractivity contribution is 7.13. The highest BCUT2D eigenvalue weighted by Crippen LogP contribution is 2.34. The monoisotopic (exact) mass is 563 g/mol. The van der Waals surface area contributed by atoms with E-state index in [4.69, 9.17) is 0 Å². The number of halogens is 6. The molecule has 1 aliphatic rings. The van der Waals surface area contributed by atoms with Crippen LogP contribution in [0.2, 0.25) is 0 Å². The lowest BCUT2D eigenvalue weighted by molar-refractivity contribution is -0.157. The molecule has 0 saturated carbocycles. The molecule has 0 saturated heterocycles. The van der Waals surface area contributed by atoms with Gasteiger partial charge in [-0.25, -0.2) is 9.97 Å². The second-order valence-corrected chi connectivity index (χ2v) is 9.28. The summed E-state index contributed by atoms with van der Waals surface area (Å²) in [5.74, 6) is -1.92. The lowest BCUT2D eigenvalue weighted by Gasteiger charge is -2.39. The van der Waals surface area contributed by atoms with Gasteiger partial charge in [-0.05, 0) is 25.5 Å². The average molecular weight is 563 g/mol. The smallest absolute Gasteiger partial charge is 0.356 e. The van der Waals surface area contributed by atoms with Gasteiger partial charge in [0.2, 0.25) is 12.3 Å². The van der Waals surface area contributed by atoms with Crippen LogP contribution in [0.1, 0.15) is 34.7 Å². The Hall–Kier alpha value is -3.73. The van der Waals surface area contributed by atoms with Gasteiger partial charge in [0.25, 0.3) is 5.91 Å². The predicted molar refractivity (Wildman–Crippen MR) is 122 cm³/mol. The van der Waals surface area contributed by atoms with Gasteiger partial charge in [-0.2, -0.15) is 26.3 Å². The van der Waals surface area contributed by atoms with E-state index in [1.165, 1.54) is 32.3 Å². The maximum absolute atomic E-state index is 13.0. The molecule has 4 heterocycles. The molecule has 1 unspecified atom stereocenters. The van der Waals surface area contributed by atoms with Gasteiger partial charge < -0.3 is 19.9 Å². The number of alkyl halides is 6. The van der Waals surface area contributed by atoms with Crippen LogP contribution in [0, 0.1) is 6.92 Å². The van der Waals surface area contributed by atoms with Gasteiger partial charge in [-0.1, -0.05) is 0 Å². The number of carbonyl (C=O) groups is 2. The molecule has 0 spiro atoms. The molecule has 2 amide bonds. The van der Waals surface area contributed by atoms with Gasteiger partial charge >= 0.3 is 12.4 Å². The Morgan fingerprint density at radius 2 is 1.92 bits per heavy atom. The van der Waals surface area contributed by atoms with Crippen molar-refractivity contribution in [3.63, 3.8) is 0 Å². The fourth-order valence-corrected chi connectivity index (χ4v) is 4.56. The van der Waals surface area contributed by atoms with Crippen molar-refractivity contribution in [1.82, 2.24) is 24.4 Å². The minimum Gasteiger partial charge on any atom is -0.356 e. The molecule has 0 radical (unpaired) electrons. The van der Waals surface area contributed by atoms with E-state index in [0.717, 1.165) is 33.3 Å². The van der Waals surface area contributed by atoms with E-state index < -0.39 is 48.8 Å². The summed E-state index contributed by atoms with van der Waals surface area (Å²) in [4.78, 5) is 38.6. The predicted octanol–water partition coefficient (Wildman–Crippen LogP) is 3.66. The van der Waals surface area contributed by atoms with Crippen LogP contribution in [-0.4, -0.2) is 67.5 Å². The lowest BCUT2D eigenvalue weighted by atomic mass is 10.1. The molecule has 1 aliphatic heterocycles. The third kappa shape index (κ3) is 5.15. The third-order valence-electron chi connectivity index (χ3n) is 5.69. The van der Waals surface area contributed by atoms with E-state index in [1.54, 1.807) is 0 Å². The number of carbonyl (C=O) groups excluding carboxylic acids is 2. The first kappa shape index (κ1) is 27.3. The van der Waals surface area contributed by atoms with E-state index in [2.05, 4.69) is 20.3 Å². The first-order valence-electron chi connectivity index (χ1n) is 10.7. The summed E-state index contributed by atoms with van der Waals surface area (Å²) in [6, 6.07) is 0.121.